The van der Waals surface area contributed by atoms with E-state index in [1.165, 1.54) is 22.0 Å². The maximum atomic E-state index is 14.8. The zero-order valence-corrected chi connectivity index (χ0v) is 16.5. The third-order valence-electron chi connectivity index (χ3n) is 4.33. The molecule has 0 spiro atoms. The molecule has 1 aliphatic rings. The average molecular weight is 434 g/mol. The lowest BCUT2D eigenvalue weighted by Crippen LogP contribution is -2.25. The first kappa shape index (κ1) is 20.2. The van der Waals surface area contributed by atoms with Crippen LogP contribution in [0.15, 0.2) is 36.5 Å². The third kappa shape index (κ3) is 4.26. The van der Waals surface area contributed by atoms with Gasteiger partial charge in [-0.1, -0.05) is 6.07 Å². The number of carbonyl (C=O) groups excluding carboxylic acids is 1. The quantitative estimate of drug-likeness (QED) is 0.555. The molecule has 2 N–H and O–H groups in total. The van der Waals surface area contributed by atoms with Crippen molar-refractivity contribution < 1.29 is 28.2 Å². The van der Waals surface area contributed by atoms with E-state index in [4.69, 9.17) is 14.5 Å². The van der Waals surface area contributed by atoms with Gasteiger partial charge in [-0.15, -0.1) is 10.2 Å². The lowest BCUT2D eigenvalue weighted by Gasteiger charge is -2.14. The van der Waals surface area contributed by atoms with Gasteiger partial charge in [-0.2, -0.15) is 4.80 Å². The Balaban J connectivity index is 1.50. The fourth-order valence-electron chi connectivity index (χ4n) is 2.95. The summed E-state index contributed by atoms with van der Waals surface area (Å²) in [5.41, 5.74) is 1.67. The van der Waals surface area contributed by atoms with Crippen LogP contribution in [0.2, 0.25) is 0 Å². The van der Waals surface area contributed by atoms with Crippen LogP contribution in [-0.4, -0.2) is 60.3 Å². The largest absolute Gasteiger partial charge is 0.441 e. The Kier molecular flexibility index (Phi) is 5.64. The van der Waals surface area contributed by atoms with Gasteiger partial charge in [0.15, 0.2) is 0 Å². The first-order valence-corrected chi connectivity index (χ1v) is 9.86. The maximum Gasteiger partial charge on any atom is 0.414 e. The van der Waals surface area contributed by atoms with Gasteiger partial charge >= 0.3 is 14.7 Å². The van der Waals surface area contributed by atoms with Gasteiger partial charge in [0.1, 0.15) is 17.6 Å². The van der Waals surface area contributed by atoms with Crippen molar-refractivity contribution >= 4 is 20.4 Å². The van der Waals surface area contributed by atoms with Crippen molar-refractivity contribution in [2.24, 2.45) is 7.05 Å². The van der Waals surface area contributed by atoms with Crippen molar-refractivity contribution in [3.05, 3.63) is 42.3 Å². The number of aromatic nitrogens is 5. The minimum absolute atomic E-state index is 0.0994. The molecule has 0 bridgehead atoms. The van der Waals surface area contributed by atoms with Crippen LogP contribution >= 0.6 is 8.60 Å². The zero-order valence-electron chi connectivity index (χ0n) is 15.6. The molecule has 1 aromatic carbocycles. The van der Waals surface area contributed by atoms with E-state index < -0.39 is 26.6 Å². The lowest BCUT2D eigenvalue weighted by atomic mass is 10.1. The molecular formula is C17H16FN6O5P. The predicted molar refractivity (Wildman–Crippen MR) is 102 cm³/mol. The molecule has 2 aromatic heterocycles. The Morgan fingerprint density at radius 3 is 2.80 bits per heavy atom. The highest BCUT2D eigenvalue weighted by Gasteiger charge is 2.33. The third-order valence-corrected chi connectivity index (χ3v) is 4.71. The number of amides is 1. The summed E-state index contributed by atoms with van der Waals surface area (Å²) in [5, 5.41) is 11.7. The van der Waals surface area contributed by atoms with Crippen molar-refractivity contribution in [1.29, 1.82) is 0 Å². The van der Waals surface area contributed by atoms with Crippen molar-refractivity contribution in [3.8, 4) is 22.6 Å². The molecule has 1 saturated heterocycles. The summed E-state index contributed by atoms with van der Waals surface area (Å²) in [6.45, 7) is -0.0671. The van der Waals surface area contributed by atoms with E-state index in [-0.39, 0.29) is 13.2 Å². The van der Waals surface area contributed by atoms with Crippen LogP contribution in [0.5, 0.6) is 0 Å². The minimum Gasteiger partial charge on any atom is -0.441 e. The van der Waals surface area contributed by atoms with E-state index in [9.17, 15) is 9.18 Å². The number of halogens is 1. The highest BCUT2D eigenvalue weighted by molar-refractivity contribution is 7.39. The van der Waals surface area contributed by atoms with Gasteiger partial charge in [0, 0.05) is 17.3 Å². The van der Waals surface area contributed by atoms with Gasteiger partial charge < -0.3 is 19.0 Å². The van der Waals surface area contributed by atoms with Crippen molar-refractivity contribution in [2.75, 3.05) is 18.1 Å². The highest BCUT2D eigenvalue weighted by atomic mass is 31.2. The van der Waals surface area contributed by atoms with Crippen molar-refractivity contribution in [1.82, 2.24) is 25.2 Å². The number of tetrazole rings is 1. The molecule has 1 amide bonds. The van der Waals surface area contributed by atoms with Crippen LogP contribution in [0.3, 0.4) is 0 Å². The SMILES string of the molecule is Cn1nnc(-c2ccc(-c3ccc(N4CC(COP(O)O)OC4=O)cc3F)cn2)n1. The van der Waals surface area contributed by atoms with E-state index in [2.05, 4.69) is 24.9 Å². The number of aryl methyl sites for hydroxylation is 1. The fraction of sp³-hybridized carbons (Fsp3) is 0.235. The Morgan fingerprint density at radius 2 is 2.17 bits per heavy atom. The van der Waals surface area contributed by atoms with Gasteiger partial charge in [0.05, 0.1) is 25.9 Å². The van der Waals surface area contributed by atoms with Crippen LogP contribution in [0.1, 0.15) is 0 Å². The van der Waals surface area contributed by atoms with Crippen molar-refractivity contribution in [2.45, 2.75) is 6.10 Å². The summed E-state index contributed by atoms with van der Waals surface area (Å²) in [6.07, 6.45) is 0.151. The second-order valence-corrected chi connectivity index (χ2v) is 7.13. The molecule has 1 unspecified atom stereocenters. The Labute approximate surface area is 170 Å². The molecule has 1 atom stereocenters. The number of benzene rings is 1. The lowest BCUT2D eigenvalue weighted by molar-refractivity contribution is 0.0987. The second kappa shape index (κ2) is 8.36. The molecule has 30 heavy (non-hydrogen) atoms. The van der Waals surface area contributed by atoms with E-state index in [1.54, 1.807) is 31.3 Å². The van der Waals surface area contributed by atoms with Gasteiger partial charge in [-0.3, -0.25) is 9.88 Å². The monoisotopic (exact) mass is 434 g/mol. The molecule has 4 rings (SSSR count). The molecule has 0 saturated carbocycles. The zero-order chi connectivity index (χ0) is 21.3. The van der Waals surface area contributed by atoms with E-state index in [0.717, 1.165) is 0 Å². The smallest absolute Gasteiger partial charge is 0.414 e. The number of anilines is 1. The van der Waals surface area contributed by atoms with Gasteiger partial charge in [-0.25, -0.2) is 9.18 Å². The topological polar surface area (TPSA) is 136 Å². The molecule has 1 aliphatic heterocycles. The summed E-state index contributed by atoms with van der Waals surface area (Å²) in [6, 6.07) is 7.71. The molecule has 0 radical (unpaired) electrons. The summed E-state index contributed by atoms with van der Waals surface area (Å²) >= 11 is 0. The van der Waals surface area contributed by atoms with Crippen LogP contribution in [0, 0.1) is 5.82 Å². The standard InChI is InChI=1S/C17H16FN6O5P/c1-23-21-16(20-22-23)15-5-2-10(7-19-15)13-4-3-11(6-14(13)18)24-8-12(29-17(24)25)9-28-30(26)27/h2-7,12,26-27H,8-9H2,1H3. The molecule has 3 heterocycles. The Hall–Kier alpha value is -3.05. The number of rotatable bonds is 6. The molecular weight excluding hydrogens is 418 g/mol. The van der Waals surface area contributed by atoms with Crippen LogP contribution < -0.4 is 4.90 Å². The van der Waals surface area contributed by atoms with Crippen LogP contribution in [0.4, 0.5) is 14.9 Å². The molecule has 11 nitrogen and oxygen atoms in total. The van der Waals surface area contributed by atoms with Crippen LogP contribution in [0.25, 0.3) is 22.6 Å². The number of pyridine rings is 1. The number of ether oxygens (including phenoxy) is 1. The Morgan fingerprint density at radius 1 is 1.33 bits per heavy atom. The van der Waals surface area contributed by atoms with Gasteiger partial charge in [0.2, 0.25) is 5.82 Å². The van der Waals surface area contributed by atoms with Gasteiger partial charge in [-0.05, 0) is 29.5 Å². The fourth-order valence-corrected chi connectivity index (χ4v) is 3.25. The second-order valence-electron chi connectivity index (χ2n) is 6.36. The normalized spacial score (nSPS) is 16.4. The number of hydrogen-bond donors (Lipinski definition) is 2. The molecule has 0 aliphatic carbocycles. The first-order chi connectivity index (χ1) is 14.4. The molecule has 3 aromatic rings. The summed E-state index contributed by atoms with van der Waals surface area (Å²) < 4.78 is 24.5. The number of hydrogen-bond acceptors (Lipinski definition) is 9. The van der Waals surface area contributed by atoms with Crippen molar-refractivity contribution in [3.63, 3.8) is 0 Å². The summed E-state index contributed by atoms with van der Waals surface area (Å²) in [7, 11) is -0.896. The Bertz CT molecular complexity index is 1060. The minimum atomic E-state index is -2.54. The maximum absolute atomic E-state index is 14.8. The summed E-state index contributed by atoms with van der Waals surface area (Å²) in [4.78, 5) is 36.5. The number of carbonyl (C=O) groups is 1. The van der Waals surface area contributed by atoms with E-state index in [1.807, 2.05) is 0 Å². The van der Waals surface area contributed by atoms with E-state index >= 15 is 0 Å². The molecule has 13 heteroatoms. The molecule has 1 fully saturated rings. The predicted octanol–water partition coefficient (Wildman–Crippen LogP) is 1.63. The summed E-state index contributed by atoms with van der Waals surface area (Å²) in [5.74, 6) is -0.178. The van der Waals surface area contributed by atoms with Gasteiger partial charge in [0.25, 0.3) is 0 Å². The molecule has 156 valence electrons. The highest BCUT2D eigenvalue weighted by Crippen LogP contribution is 2.31. The average Bonchev–Trinajstić information content (AvgIpc) is 3.32. The number of nitrogens with zero attached hydrogens (tertiary/aromatic N) is 6. The number of cyclic esters (lactones) is 1. The van der Waals surface area contributed by atoms with E-state index in [0.29, 0.717) is 28.3 Å². The van der Waals surface area contributed by atoms with Crippen LogP contribution in [-0.2, 0) is 16.3 Å². The first-order valence-electron chi connectivity index (χ1n) is 8.70.